The molecule has 4 N–H and O–H groups in total. The second kappa shape index (κ2) is 8.33. The van der Waals surface area contributed by atoms with Gasteiger partial charge in [-0.15, -0.1) is 13.2 Å². The molecule has 0 amide bonds. The first-order valence-corrected chi connectivity index (χ1v) is 8.44. The molecule has 0 bridgehead atoms. The molecule has 0 spiro atoms. The predicted molar refractivity (Wildman–Crippen MR) is 102 cm³/mol. The number of nitrogens with one attached hydrogen (secondary N) is 1. The molecule has 1 heterocycles. The van der Waals surface area contributed by atoms with Crippen LogP contribution in [-0.2, 0) is 4.79 Å². The van der Waals surface area contributed by atoms with Gasteiger partial charge >= 0.3 is 12.3 Å². The number of aromatic amines is 1. The number of fused-ring (bicyclic) bond motifs is 1. The molecular weight excluding hydrogens is 429 g/mol. The molecule has 8 nitrogen and oxygen atoms in total. The van der Waals surface area contributed by atoms with E-state index in [9.17, 15) is 18.0 Å². The normalized spacial score (nSPS) is 12.5. The largest absolute Gasteiger partial charge is 0.573 e. The third-order valence-corrected chi connectivity index (χ3v) is 3.81. The van der Waals surface area contributed by atoms with Crippen LogP contribution in [-0.4, -0.2) is 33.6 Å². The van der Waals surface area contributed by atoms with Gasteiger partial charge in [-0.3, -0.25) is 0 Å². The van der Waals surface area contributed by atoms with E-state index in [4.69, 9.17) is 27.2 Å². The molecule has 0 aliphatic rings. The number of nitrogens with zero attached hydrogens (tertiary/aromatic N) is 2. The van der Waals surface area contributed by atoms with Gasteiger partial charge in [-0.2, -0.15) is 0 Å². The SMILES string of the molecule is NC=C(C=Nc1nc2cc(OC(F)(F)F)c(Oc3ccc(Cl)cc3)cc2[nH]1)C(=O)O. The van der Waals surface area contributed by atoms with Crippen LogP contribution in [0.5, 0.6) is 17.2 Å². The van der Waals surface area contributed by atoms with Crippen LogP contribution in [0.25, 0.3) is 11.0 Å². The Morgan fingerprint density at radius 2 is 1.93 bits per heavy atom. The average molecular weight is 441 g/mol. The summed E-state index contributed by atoms with van der Waals surface area (Å²) in [4.78, 5) is 21.5. The van der Waals surface area contributed by atoms with Crippen molar-refractivity contribution in [2.75, 3.05) is 0 Å². The number of ether oxygens (including phenoxy) is 2. The topological polar surface area (TPSA) is 123 Å². The number of rotatable bonds is 6. The van der Waals surface area contributed by atoms with Gasteiger partial charge in [0, 0.05) is 29.6 Å². The number of hydrogen-bond donors (Lipinski definition) is 3. The summed E-state index contributed by atoms with van der Waals surface area (Å²) in [5, 5.41) is 9.34. The Bertz CT molecular complexity index is 1140. The number of aliphatic imine (C=N–C) groups is 1. The lowest BCUT2D eigenvalue weighted by atomic mass is 10.2. The number of hydrogen-bond acceptors (Lipinski definition) is 6. The Morgan fingerprint density at radius 3 is 2.53 bits per heavy atom. The van der Waals surface area contributed by atoms with Crippen LogP contribution in [0.3, 0.4) is 0 Å². The quantitative estimate of drug-likeness (QED) is 0.382. The highest BCUT2D eigenvalue weighted by Crippen LogP contribution is 2.38. The lowest BCUT2D eigenvalue weighted by Gasteiger charge is -2.14. The van der Waals surface area contributed by atoms with E-state index in [0.717, 1.165) is 18.5 Å². The number of alkyl halides is 3. The van der Waals surface area contributed by atoms with Crippen molar-refractivity contribution in [2.45, 2.75) is 6.36 Å². The van der Waals surface area contributed by atoms with Gasteiger partial charge in [-0.1, -0.05) is 11.6 Å². The van der Waals surface area contributed by atoms with Crippen LogP contribution in [0, 0.1) is 0 Å². The highest BCUT2D eigenvalue weighted by Gasteiger charge is 2.33. The van der Waals surface area contributed by atoms with Gasteiger partial charge in [0.25, 0.3) is 0 Å². The van der Waals surface area contributed by atoms with Crippen molar-refractivity contribution in [3.63, 3.8) is 0 Å². The number of aliphatic carboxylic acids is 1. The maximum absolute atomic E-state index is 12.8. The molecule has 0 unspecified atom stereocenters. The third kappa shape index (κ3) is 5.20. The van der Waals surface area contributed by atoms with E-state index in [-0.39, 0.29) is 34.1 Å². The van der Waals surface area contributed by atoms with Gasteiger partial charge in [0.2, 0.25) is 5.95 Å². The lowest BCUT2D eigenvalue weighted by molar-refractivity contribution is -0.275. The van der Waals surface area contributed by atoms with Crippen molar-refractivity contribution in [2.24, 2.45) is 10.7 Å². The zero-order valence-electron chi connectivity index (χ0n) is 14.8. The van der Waals surface area contributed by atoms with Gasteiger partial charge in [0.05, 0.1) is 16.6 Å². The van der Waals surface area contributed by atoms with Gasteiger partial charge in [-0.05, 0) is 24.3 Å². The molecule has 0 aliphatic carbocycles. The minimum atomic E-state index is -4.97. The van der Waals surface area contributed by atoms with E-state index >= 15 is 0 Å². The van der Waals surface area contributed by atoms with Crippen LogP contribution in [0.1, 0.15) is 0 Å². The number of H-pyrrole nitrogens is 1. The van der Waals surface area contributed by atoms with Crippen molar-refractivity contribution in [1.29, 1.82) is 0 Å². The summed E-state index contributed by atoms with van der Waals surface area (Å²) in [5.74, 6) is -2.01. The summed E-state index contributed by atoms with van der Waals surface area (Å²) in [6.07, 6.45) is -3.19. The van der Waals surface area contributed by atoms with E-state index in [1.54, 1.807) is 0 Å². The highest BCUT2D eigenvalue weighted by atomic mass is 35.5. The maximum Gasteiger partial charge on any atom is 0.573 e. The van der Waals surface area contributed by atoms with E-state index in [2.05, 4.69) is 19.7 Å². The van der Waals surface area contributed by atoms with Crippen molar-refractivity contribution in [3.05, 3.63) is 53.2 Å². The van der Waals surface area contributed by atoms with Gasteiger partial charge < -0.3 is 25.3 Å². The zero-order valence-corrected chi connectivity index (χ0v) is 15.5. The number of carboxylic acid groups (broad SMARTS) is 1. The fraction of sp³-hybridized carbons (Fsp3) is 0.0556. The first kappa shape index (κ1) is 21.0. The van der Waals surface area contributed by atoms with Crippen molar-refractivity contribution in [1.82, 2.24) is 9.97 Å². The molecule has 12 heteroatoms. The number of halogens is 4. The molecule has 2 aromatic carbocycles. The first-order chi connectivity index (χ1) is 14.1. The molecule has 0 aliphatic heterocycles. The Labute approximate surface area is 171 Å². The summed E-state index contributed by atoms with van der Waals surface area (Å²) in [5.41, 5.74) is 5.23. The Balaban J connectivity index is 2.00. The van der Waals surface area contributed by atoms with Crippen LogP contribution in [0.4, 0.5) is 19.1 Å². The van der Waals surface area contributed by atoms with E-state index in [0.29, 0.717) is 5.02 Å². The number of aromatic nitrogens is 2. The van der Waals surface area contributed by atoms with Crippen LogP contribution in [0.15, 0.2) is 53.2 Å². The minimum Gasteiger partial charge on any atom is -0.478 e. The molecule has 0 radical (unpaired) electrons. The fourth-order valence-corrected chi connectivity index (χ4v) is 2.41. The zero-order chi connectivity index (χ0) is 21.9. The molecule has 3 rings (SSSR count). The van der Waals surface area contributed by atoms with Crippen molar-refractivity contribution >= 4 is 40.8 Å². The number of carboxylic acids is 1. The highest BCUT2D eigenvalue weighted by molar-refractivity contribution is 6.30. The van der Waals surface area contributed by atoms with E-state index in [1.165, 1.54) is 30.3 Å². The Kier molecular flexibility index (Phi) is 5.83. The number of imidazole rings is 1. The monoisotopic (exact) mass is 440 g/mol. The molecule has 0 atom stereocenters. The van der Waals surface area contributed by atoms with E-state index in [1.807, 2.05) is 0 Å². The van der Waals surface area contributed by atoms with E-state index < -0.39 is 18.1 Å². The van der Waals surface area contributed by atoms with Crippen molar-refractivity contribution < 1.29 is 32.5 Å². The Hall–Kier alpha value is -3.73. The molecule has 156 valence electrons. The summed E-state index contributed by atoms with van der Waals surface area (Å²) in [7, 11) is 0. The van der Waals surface area contributed by atoms with Crippen LogP contribution < -0.4 is 15.2 Å². The molecular formula is C18H12ClF3N4O4. The summed E-state index contributed by atoms with van der Waals surface area (Å²) < 4.78 is 48.0. The molecule has 1 aromatic heterocycles. The third-order valence-electron chi connectivity index (χ3n) is 3.55. The number of carbonyl (C=O) groups is 1. The number of nitrogens with two attached hydrogens (primary N) is 1. The summed E-state index contributed by atoms with van der Waals surface area (Å²) in [6.45, 7) is 0. The molecule has 0 fully saturated rings. The summed E-state index contributed by atoms with van der Waals surface area (Å²) in [6, 6.07) is 8.22. The molecule has 3 aromatic rings. The van der Waals surface area contributed by atoms with Crippen LogP contribution >= 0.6 is 11.6 Å². The first-order valence-electron chi connectivity index (χ1n) is 8.07. The Morgan fingerprint density at radius 1 is 1.23 bits per heavy atom. The van der Waals surface area contributed by atoms with Gasteiger partial charge in [0.1, 0.15) is 5.75 Å². The van der Waals surface area contributed by atoms with Gasteiger partial charge in [0.15, 0.2) is 11.5 Å². The minimum absolute atomic E-state index is 0.0628. The standard InChI is InChI=1S/C18H12ClF3N4O4/c19-10-1-3-11(4-2-10)29-14-5-12-13(6-15(14)30-18(20,21)22)26-17(25-12)24-8-9(7-23)16(27)28/h1-8H,23H2,(H,25,26)(H,27,28). The predicted octanol–water partition coefficient (Wildman–Crippen LogP) is 4.54. The van der Waals surface area contributed by atoms with Crippen molar-refractivity contribution in [3.8, 4) is 17.2 Å². The molecule has 0 saturated carbocycles. The lowest BCUT2D eigenvalue weighted by Crippen LogP contribution is -2.17. The summed E-state index contributed by atoms with van der Waals surface area (Å²) >= 11 is 5.79. The molecule has 30 heavy (non-hydrogen) atoms. The second-order valence-corrected chi connectivity index (χ2v) is 6.10. The maximum atomic E-state index is 12.8. The van der Waals surface area contributed by atoms with Crippen LogP contribution in [0.2, 0.25) is 5.02 Å². The van der Waals surface area contributed by atoms with Gasteiger partial charge in [-0.25, -0.2) is 14.8 Å². The smallest absolute Gasteiger partial charge is 0.478 e. The average Bonchev–Trinajstić information content (AvgIpc) is 3.04. The number of benzene rings is 2. The second-order valence-electron chi connectivity index (χ2n) is 5.67. The fourth-order valence-electron chi connectivity index (χ4n) is 2.28. The molecule has 0 saturated heterocycles.